The number of anilines is 1. The summed E-state index contributed by atoms with van der Waals surface area (Å²) < 4.78 is 41.1. The molecule has 5 atom stereocenters. The van der Waals surface area contributed by atoms with Crippen molar-refractivity contribution in [1.29, 1.82) is 5.26 Å². The molecule has 2 fully saturated rings. The van der Waals surface area contributed by atoms with E-state index in [1.165, 1.54) is 10.4 Å². The van der Waals surface area contributed by atoms with Gasteiger partial charge in [-0.05, 0) is 48.4 Å². The lowest BCUT2D eigenvalue weighted by Crippen LogP contribution is -2.61. The lowest BCUT2D eigenvalue weighted by atomic mass is 9.87. The van der Waals surface area contributed by atoms with Gasteiger partial charge in [0.15, 0.2) is 6.29 Å². The van der Waals surface area contributed by atoms with Crippen LogP contribution in [0.25, 0.3) is 0 Å². The molecular formula is C32H43N4O7S-. The molecule has 4 rings (SSSR count). The minimum atomic E-state index is -4.16. The maximum absolute atomic E-state index is 14.2. The second kappa shape index (κ2) is 14.3. The molecule has 2 aliphatic heterocycles. The van der Waals surface area contributed by atoms with E-state index in [9.17, 15) is 28.7 Å². The zero-order chi connectivity index (χ0) is 32.1. The Bertz CT molecular complexity index is 1410. The first kappa shape index (κ1) is 33.7. The molecule has 2 aromatic rings. The maximum Gasteiger partial charge on any atom is 0.243 e. The fourth-order valence-electron chi connectivity index (χ4n) is 6.12. The Balaban J connectivity index is 1.73. The second-order valence-electron chi connectivity index (χ2n) is 12.6. The van der Waals surface area contributed by atoms with E-state index in [4.69, 9.17) is 9.47 Å². The van der Waals surface area contributed by atoms with Gasteiger partial charge in [-0.2, -0.15) is 9.57 Å². The Morgan fingerprint density at radius 3 is 2.55 bits per heavy atom. The number of amides is 1. The Labute approximate surface area is 260 Å². The Morgan fingerprint density at radius 2 is 1.89 bits per heavy atom. The van der Waals surface area contributed by atoms with Crippen molar-refractivity contribution in [2.45, 2.75) is 68.9 Å². The first-order chi connectivity index (χ1) is 20.8. The van der Waals surface area contributed by atoms with Crippen molar-refractivity contribution in [2.24, 2.45) is 11.3 Å². The van der Waals surface area contributed by atoms with Crippen molar-refractivity contribution in [3.8, 4) is 6.07 Å². The van der Waals surface area contributed by atoms with Crippen molar-refractivity contribution in [3.63, 3.8) is 0 Å². The van der Waals surface area contributed by atoms with Gasteiger partial charge in [-0.15, -0.1) is 0 Å². The minimum Gasteiger partial charge on any atom is -0.530 e. The molecule has 11 nitrogen and oxygen atoms in total. The van der Waals surface area contributed by atoms with Crippen LogP contribution in [-0.2, 0) is 25.9 Å². The number of fused-ring (bicyclic) bond motifs is 1. The zero-order valence-electron chi connectivity index (χ0n) is 25.8. The molecule has 12 heteroatoms. The number of nitrogens with zero attached hydrogens (tertiary/aromatic N) is 4. The van der Waals surface area contributed by atoms with Crippen molar-refractivity contribution in [2.75, 3.05) is 45.3 Å². The highest BCUT2D eigenvalue weighted by Crippen LogP contribution is 2.36. The molecule has 2 aliphatic rings. The van der Waals surface area contributed by atoms with E-state index in [-0.39, 0.29) is 43.4 Å². The Hall–Kier alpha value is -3.21. The summed E-state index contributed by atoms with van der Waals surface area (Å²) in [6.45, 7) is 3.91. The van der Waals surface area contributed by atoms with E-state index in [1.54, 1.807) is 23.1 Å². The van der Waals surface area contributed by atoms with Crippen LogP contribution in [-0.4, -0.2) is 93.7 Å². The van der Waals surface area contributed by atoms with Gasteiger partial charge in [0.25, 0.3) is 0 Å². The number of carboxylic acid groups (broad SMARTS) is 1. The zero-order valence-corrected chi connectivity index (χ0v) is 26.7. The SMILES string of the molecule is CN(C)c1cccc(S(=O)(=O)N(C[C@@H](O)[C@H](Cc2ccccc2)N(C(=O)[O-])[C@H]2CO[C@H]3OCC[C@H]32)CC(C)(C)CCC#N)c1. The summed E-state index contributed by atoms with van der Waals surface area (Å²) >= 11 is 0. The number of nitriles is 1. The predicted molar refractivity (Wildman–Crippen MR) is 163 cm³/mol. The van der Waals surface area contributed by atoms with Gasteiger partial charge in [-0.25, -0.2) is 8.42 Å². The summed E-state index contributed by atoms with van der Waals surface area (Å²) in [5.74, 6) is -0.225. The number of aliphatic hydroxyl groups is 1. The molecule has 2 saturated heterocycles. The number of rotatable bonds is 14. The molecule has 0 saturated carbocycles. The lowest BCUT2D eigenvalue weighted by molar-refractivity contribution is -0.273. The van der Waals surface area contributed by atoms with Crippen LogP contribution in [0.4, 0.5) is 10.5 Å². The van der Waals surface area contributed by atoms with Crippen LogP contribution in [0.3, 0.4) is 0 Å². The lowest BCUT2D eigenvalue weighted by Gasteiger charge is -2.43. The van der Waals surface area contributed by atoms with Gasteiger partial charge in [0.1, 0.15) is 6.09 Å². The normalized spacial score (nSPS) is 21.4. The highest BCUT2D eigenvalue weighted by molar-refractivity contribution is 7.89. The summed E-state index contributed by atoms with van der Waals surface area (Å²) in [5.41, 5.74) is 0.858. The summed E-state index contributed by atoms with van der Waals surface area (Å²) in [6, 6.07) is 16.2. The third-order valence-corrected chi connectivity index (χ3v) is 10.4. The van der Waals surface area contributed by atoms with Crippen molar-refractivity contribution in [3.05, 3.63) is 60.2 Å². The number of hydrogen-bond donors (Lipinski definition) is 1. The van der Waals surface area contributed by atoms with E-state index in [0.29, 0.717) is 25.1 Å². The number of benzene rings is 2. The summed E-state index contributed by atoms with van der Waals surface area (Å²) in [7, 11) is -0.532. The molecule has 1 amide bonds. The van der Waals surface area contributed by atoms with E-state index in [2.05, 4.69) is 6.07 Å². The standard InChI is InChI=1S/C32H44N4O7S/c1-32(2,15-9-16-33)22-35(44(40,41)25-13-8-12-24(19-25)34(3)4)20-29(37)27(18-23-10-6-5-7-11-23)36(31(38)39)28-21-43-30-26(28)14-17-42-30/h5-8,10-13,19,26-30,37H,9,14-15,17-18,20-22H2,1-4H3,(H,38,39)/p-1/t26-,27-,28-,29+,30+/m0/s1. The van der Waals surface area contributed by atoms with Crippen LogP contribution in [0.1, 0.15) is 38.7 Å². The highest BCUT2D eigenvalue weighted by atomic mass is 32.2. The third kappa shape index (κ3) is 7.89. The molecule has 0 radical (unpaired) electrons. The smallest absolute Gasteiger partial charge is 0.243 e. The van der Waals surface area contributed by atoms with Gasteiger partial charge in [0, 0.05) is 45.2 Å². The highest BCUT2D eigenvalue weighted by Gasteiger charge is 2.47. The topological polar surface area (TPSA) is 146 Å². The molecule has 0 bridgehead atoms. The average molecular weight is 628 g/mol. The Morgan fingerprint density at radius 1 is 1.16 bits per heavy atom. The summed E-state index contributed by atoms with van der Waals surface area (Å²) in [6.07, 6.45) is -2.01. The molecular weight excluding hydrogens is 584 g/mol. The molecule has 1 N–H and O–H groups in total. The van der Waals surface area contributed by atoms with Crippen molar-refractivity contribution < 1.29 is 32.9 Å². The number of hydrogen-bond acceptors (Lipinski definition) is 9. The molecule has 0 aliphatic carbocycles. The molecule has 0 aromatic heterocycles. The molecule has 0 spiro atoms. The number of sulfonamides is 1. The van der Waals surface area contributed by atoms with Crippen LogP contribution in [0, 0.1) is 22.7 Å². The van der Waals surface area contributed by atoms with E-state index in [1.807, 2.05) is 58.3 Å². The number of aliphatic hydroxyl groups excluding tert-OH is 1. The summed E-state index contributed by atoms with van der Waals surface area (Å²) in [4.78, 5) is 15.8. The molecule has 2 aromatic carbocycles. The molecule has 240 valence electrons. The van der Waals surface area contributed by atoms with Crippen LogP contribution >= 0.6 is 0 Å². The van der Waals surface area contributed by atoms with Gasteiger partial charge in [-0.1, -0.05) is 50.2 Å². The third-order valence-electron chi connectivity index (χ3n) is 8.55. The van der Waals surface area contributed by atoms with Gasteiger partial charge in [0.05, 0.1) is 42.4 Å². The van der Waals surface area contributed by atoms with Crippen molar-refractivity contribution in [1.82, 2.24) is 9.21 Å². The monoisotopic (exact) mass is 627 g/mol. The number of carbonyl (C=O) groups excluding carboxylic acids is 1. The molecule has 44 heavy (non-hydrogen) atoms. The number of ether oxygens (including phenoxy) is 2. The van der Waals surface area contributed by atoms with E-state index >= 15 is 0 Å². The van der Waals surface area contributed by atoms with Gasteiger partial charge >= 0.3 is 0 Å². The van der Waals surface area contributed by atoms with Gasteiger partial charge in [0.2, 0.25) is 10.0 Å². The molecule has 0 unspecified atom stereocenters. The quantitative estimate of drug-likeness (QED) is 0.334. The van der Waals surface area contributed by atoms with Gasteiger partial charge < -0.3 is 34.3 Å². The van der Waals surface area contributed by atoms with E-state index in [0.717, 1.165) is 10.5 Å². The first-order valence-electron chi connectivity index (χ1n) is 14.9. The van der Waals surface area contributed by atoms with E-state index < -0.39 is 46.0 Å². The maximum atomic E-state index is 14.2. The summed E-state index contributed by atoms with van der Waals surface area (Å²) in [5, 5.41) is 33.9. The van der Waals surface area contributed by atoms with Crippen LogP contribution < -0.4 is 10.0 Å². The Kier molecular flexibility index (Phi) is 10.9. The molecule has 2 heterocycles. The first-order valence-corrected chi connectivity index (χ1v) is 16.4. The van der Waals surface area contributed by atoms with Crippen LogP contribution in [0.15, 0.2) is 59.5 Å². The van der Waals surface area contributed by atoms with Crippen LogP contribution in [0.5, 0.6) is 0 Å². The minimum absolute atomic E-state index is 0.00865. The van der Waals surface area contributed by atoms with Gasteiger partial charge in [-0.3, -0.25) is 0 Å². The average Bonchev–Trinajstić information content (AvgIpc) is 3.61. The number of carbonyl (C=O) groups is 1. The van der Waals surface area contributed by atoms with Crippen LogP contribution in [0.2, 0.25) is 0 Å². The van der Waals surface area contributed by atoms with Crippen molar-refractivity contribution >= 4 is 21.8 Å². The predicted octanol–water partition coefficient (Wildman–Crippen LogP) is 2.45. The fraction of sp³-hybridized carbons (Fsp3) is 0.562. The second-order valence-corrected chi connectivity index (χ2v) is 14.5. The fourth-order valence-corrected chi connectivity index (χ4v) is 7.81. The largest absolute Gasteiger partial charge is 0.530 e.